The number of aryl methyl sites for hydroxylation is 1. The Hall–Kier alpha value is -0.960. The summed E-state index contributed by atoms with van der Waals surface area (Å²) < 4.78 is 0. The minimum absolute atomic E-state index is 0.172. The van der Waals surface area contributed by atoms with Gasteiger partial charge in [0.1, 0.15) is 0 Å². The molecule has 0 saturated heterocycles. The van der Waals surface area contributed by atoms with Crippen LogP contribution in [0.25, 0.3) is 0 Å². The number of nitrogens with one attached hydrogen (secondary N) is 1. The van der Waals surface area contributed by atoms with E-state index in [-0.39, 0.29) is 11.4 Å². The van der Waals surface area contributed by atoms with E-state index in [2.05, 4.69) is 35.6 Å². The Bertz CT molecular complexity index is 521. The van der Waals surface area contributed by atoms with E-state index < -0.39 is 0 Å². The zero-order chi connectivity index (χ0) is 15.7. The van der Waals surface area contributed by atoms with Crippen molar-refractivity contribution in [3.63, 3.8) is 0 Å². The van der Waals surface area contributed by atoms with Gasteiger partial charge in [0.25, 0.3) is 0 Å². The molecule has 4 fully saturated rings. The second kappa shape index (κ2) is 6.51. The lowest BCUT2D eigenvalue weighted by atomic mass is 9.53. The number of carbonyl (C=O) groups excluding carboxylic acids is 1. The Morgan fingerprint density at radius 2 is 1.65 bits per heavy atom. The summed E-state index contributed by atoms with van der Waals surface area (Å²) in [6, 6.07) is 10.5. The molecule has 4 bridgehead atoms. The molecule has 0 heterocycles. The molecule has 0 radical (unpaired) electrons. The lowest BCUT2D eigenvalue weighted by molar-refractivity contribution is -0.124. The van der Waals surface area contributed by atoms with Gasteiger partial charge in [-0.3, -0.25) is 4.79 Å². The first-order chi connectivity index (χ1) is 11.2. The molecule has 3 heteroatoms. The van der Waals surface area contributed by atoms with Gasteiger partial charge in [-0.25, -0.2) is 0 Å². The average molecular weight is 330 g/mol. The summed E-state index contributed by atoms with van der Waals surface area (Å²) in [4.78, 5) is 12.4. The van der Waals surface area contributed by atoms with E-state index in [1.54, 1.807) is 11.8 Å². The van der Waals surface area contributed by atoms with E-state index in [4.69, 9.17) is 0 Å². The van der Waals surface area contributed by atoms with Gasteiger partial charge in [0.15, 0.2) is 0 Å². The first-order valence-electron chi connectivity index (χ1n) is 9.13. The van der Waals surface area contributed by atoms with Crippen molar-refractivity contribution in [2.24, 2.45) is 17.8 Å². The molecule has 23 heavy (non-hydrogen) atoms. The summed E-state index contributed by atoms with van der Waals surface area (Å²) in [5, 5.41) is 3.46. The molecular formula is C20H27NOS. The third kappa shape index (κ3) is 3.60. The van der Waals surface area contributed by atoms with Crippen LogP contribution in [0.2, 0.25) is 0 Å². The SMILES string of the molecule is O=C(CSCCc1ccccc1)NC12CC3CC(CC(C3)C1)C2. The summed E-state index contributed by atoms with van der Waals surface area (Å²) in [6.07, 6.45) is 9.09. The van der Waals surface area contributed by atoms with Gasteiger partial charge in [-0.05, 0) is 74.0 Å². The van der Waals surface area contributed by atoms with E-state index >= 15 is 0 Å². The zero-order valence-electron chi connectivity index (χ0n) is 13.8. The highest BCUT2D eigenvalue weighted by Gasteiger charge is 2.51. The largest absolute Gasteiger partial charge is 0.350 e. The van der Waals surface area contributed by atoms with Crippen molar-refractivity contribution < 1.29 is 4.79 Å². The van der Waals surface area contributed by atoms with Gasteiger partial charge in [0, 0.05) is 5.54 Å². The maximum atomic E-state index is 12.4. The molecule has 1 N–H and O–H groups in total. The summed E-state index contributed by atoms with van der Waals surface area (Å²) in [5.74, 6) is 4.60. The smallest absolute Gasteiger partial charge is 0.230 e. The molecule has 4 saturated carbocycles. The zero-order valence-corrected chi connectivity index (χ0v) is 14.6. The normalized spacial score (nSPS) is 34.5. The molecule has 1 aromatic carbocycles. The van der Waals surface area contributed by atoms with Crippen LogP contribution in [-0.4, -0.2) is 23.0 Å². The third-order valence-electron chi connectivity index (χ3n) is 6.05. The molecule has 4 aliphatic carbocycles. The predicted molar refractivity (Wildman–Crippen MR) is 96.5 cm³/mol. The van der Waals surface area contributed by atoms with Crippen LogP contribution in [0.5, 0.6) is 0 Å². The number of hydrogen-bond donors (Lipinski definition) is 1. The molecular weight excluding hydrogens is 302 g/mol. The van der Waals surface area contributed by atoms with Crippen molar-refractivity contribution in [1.29, 1.82) is 0 Å². The Morgan fingerprint density at radius 1 is 1.04 bits per heavy atom. The van der Waals surface area contributed by atoms with Crippen molar-refractivity contribution >= 4 is 17.7 Å². The van der Waals surface area contributed by atoms with Crippen molar-refractivity contribution in [3.8, 4) is 0 Å². The van der Waals surface area contributed by atoms with Crippen LogP contribution in [0, 0.1) is 17.8 Å². The van der Waals surface area contributed by atoms with E-state index in [9.17, 15) is 4.79 Å². The third-order valence-corrected chi connectivity index (χ3v) is 7.01. The van der Waals surface area contributed by atoms with Crippen LogP contribution < -0.4 is 5.32 Å². The topological polar surface area (TPSA) is 29.1 Å². The Labute approximate surface area is 143 Å². The first-order valence-corrected chi connectivity index (χ1v) is 10.3. The number of carbonyl (C=O) groups is 1. The first kappa shape index (κ1) is 15.6. The van der Waals surface area contributed by atoms with Crippen molar-refractivity contribution in [2.45, 2.75) is 50.5 Å². The van der Waals surface area contributed by atoms with Crippen molar-refractivity contribution in [2.75, 3.05) is 11.5 Å². The molecule has 1 aromatic rings. The molecule has 0 atom stereocenters. The fraction of sp³-hybridized carbons (Fsp3) is 0.650. The highest BCUT2D eigenvalue weighted by atomic mass is 32.2. The maximum absolute atomic E-state index is 12.4. The summed E-state index contributed by atoms with van der Waals surface area (Å²) in [5.41, 5.74) is 1.53. The Balaban J connectivity index is 1.23. The van der Waals surface area contributed by atoms with Crippen molar-refractivity contribution in [1.82, 2.24) is 5.32 Å². The van der Waals surface area contributed by atoms with Gasteiger partial charge >= 0.3 is 0 Å². The maximum Gasteiger partial charge on any atom is 0.230 e. The molecule has 0 spiro atoms. The molecule has 0 aliphatic heterocycles. The molecule has 124 valence electrons. The van der Waals surface area contributed by atoms with Crippen LogP contribution in [0.3, 0.4) is 0 Å². The Kier molecular flexibility index (Phi) is 4.40. The predicted octanol–water partition coefficient (Wildman–Crippen LogP) is 4.05. The van der Waals surface area contributed by atoms with Crippen LogP contribution in [0.1, 0.15) is 44.1 Å². The minimum Gasteiger partial charge on any atom is -0.350 e. The van der Waals surface area contributed by atoms with Gasteiger partial charge in [-0.1, -0.05) is 30.3 Å². The van der Waals surface area contributed by atoms with Gasteiger partial charge in [-0.15, -0.1) is 0 Å². The van der Waals surface area contributed by atoms with Crippen molar-refractivity contribution in [3.05, 3.63) is 35.9 Å². The van der Waals surface area contributed by atoms with E-state index in [1.807, 2.05) is 0 Å². The molecule has 4 aliphatic rings. The van der Waals surface area contributed by atoms with Gasteiger partial charge < -0.3 is 5.32 Å². The Morgan fingerprint density at radius 3 is 2.26 bits per heavy atom. The van der Waals surface area contributed by atoms with E-state index in [0.29, 0.717) is 5.75 Å². The van der Waals surface area contributed by atoms with Crippen LogP contribution in [0.15, 0.2) is 30.3 Å². The van der Waals surface area contributed by atoms with Crippen LogP contribution in [-0.2, 0) is 11.2 Å². The fourth-order valence-electron chi connectivity index (χ4n) is 5.60. The second-order valence-electron chi connectivity index (χ2n) is 8.03. The number of thioether (sulfide) groups is 1. The van der Waals surface area contributed by atoms with Gasteiger partial charge in [0.05, 0.1) is 5.75 Å². The second-order valence-corrected chi connectivity index (χ2v) is 9.14. The molecule has 0 unspecified atom stereocenters. The van der Waals surface area contributed by atoms with E-state index in [0.717, 1.165) is 29.9 Å². The molecule has 0 aromatic heterocycles. The molecule has 2 nitrogen and oxygen atoms in total. The van der Waals surface area contributed by atoms with E-state index in [1.165, 1.54) is 44.1 Å². The quantitative estimate of drug-likeness (QED) is 0.798. The summed E-state index contributed by atoms with van der Waals surface area (Å²) in [6.45, 7) is 0. The number of amides is 1. The molecule has 1 amide bonds. The monoisotopic (exact) mass is 329 g/mol. The lowest BCUT2D eigenvalue weighted by Crippen LogP contribution is -2.60. The van der Waals surface area contributed by atoms with Gasteiger partial charge in [0.2, 0.25) is 5.91 Å². The standard InChI is InChI=1S/C20H27NOS/c22-19(14-23-7-6-15-4-2-1-3-5-15)21-20-11-16-8-17(12-20)10-18(9-16)13-20/h1-5,16-18H,6-14H2,(H,21,22). The lowest BCUT2D eigenvalue weighted by Gasteiger charge is -2.56. The summed E-state index contributed by atoms with van der Waals surface area (Å²) in [7, 11) is 0. The highest BCUT2D eigenvalue weighted by molar-refractivity contribution is 7.99. The summed E-state index contributed by atoms with van der Waals surface area (Å²) >= 11 is 1.77. The average Bonchev–Trinajstić information content (AvgIpc) is 2.51. The highest BCUT2D eigenvalue weighted by Crippen LogP contribution is 2.55. The number of rotatable bonds is 6. The number of benzene rings is 1. The minimum atomic E-state index is 0.172. The number of hydrogen-bond acceptors (Lipinski definition) is 2. The van der Waals surface area contributed by atoms with Gasteiger partial charge in [-0.2, -0.15) is 11.8 Å². The van der Waals surface area contributed by atoms with Crippen LogP contribution in [0.4, 0.5) is 0 Å². The fourth-order valence-corrected chi connectivity index (χ4v) is 6.38. The molecule has 5 rings (SSSR count). The van der Waals surface area contributed by atoms with Crippen LogP contribution >= 0.6 is 11.8 Å².